The molecule has 0 aromatic carbocycles. The number of imidazole rings is 2. The number of aryl methyl sites for hydroxylation is 1. The maximum atomic E-state index is 12.2. The number of carbonyl (C=O) groups is 1. The SMILES string of the molecule is COC(=O)[C@H](Cc1cnc[nH]1)NS(=O)(=O)c1cn(C)cn1. The van der Waals surface area contributed by atoms with E-state index in [9.17, 15) is 13.2 Å². The lowest BCUT2D eigenvalue weighted by molar-refractivity contribution is -0.142. The minimum atomic E-state index is -3.91. The third-order valence-electron chi connectivity index (χ3n) is 2.72. The van der Waals surface area contributed by atoms with Gasteiger partial charge in [0, 0.05) is 31.6 Å². The maximum Gasteiger partial charge on any atom is 0.324 e. The lowest BCUT2D eigenvalue weighted by Crippen LogP contribution is -2.43. The molecule has 0 aliphatic heterocycles. The Morgan fingerprint density at radius 2 is 2.33 bits per heavy atom. The number of sulfonamides is 1. The van der Waals surface area contributed by atoms with Crippen molar-refractivity contribution >= 4 is 16.0 Å². The number of methoxy groups -OCH3 is 1. The van der Waals surface area contributed by atoms with Gasteiger partial charge in [-0.15, -0.1) is 0 Å². The van der Waals surface area contributed by atoms with E-state index in [1.54, 1.807) is 7.05 Å². The van der Waals surface area contributed by atoms with Crippen molar-refractivity contribution in [1.82, 2.24) is 24.2 Å². The number of aromatic nitrogens is 4. The van der Waals surface area contributed by atoms with E-state index in [2.05, 4.69) is 24.4 Å². The molecule has 0 amide bonds. The Morgan fingerprint density at radius 3 is 2.86 bits per heavy atom. The first-order valence-electron chi connectivity index (χ1n) is 5.98. The van der Waals surface area contributed by atoms with Crippen LogP contribution >= 0.6 is 0 Å². The predicted molar refractivity (Wildman–Crippen MR) is 71.6 cm³/mol. The predicted octanol–water partition coefficient (Wildman–Crippen LogP) is -0.794. The average molecular weight is 313 g/mol. The molecular formula is C11H15N5O4S. The molecule has 9 nitrogen and oxygen atoms in total. The molecule has 0 unspecified atom stereocenters. The highest BCUT2D eigenvalue weighted by molar-refractivity contribution is 7.89. The van der Waals surface area contributed by atoms with Crippen molar-refractivity contribution in [2.24, 2.45) is 7.05 Å². The van der Waals surface area contributed by atoms with Gasteiger partial charge in [0.1, 0.15) is 6.04 Å². The third-order valence-corrected chi connectivity index (χ3v) is 4.07. The van der Waals surface area contributed by atoms with Crippen LogP contribution in [0.1, 0.15) is 5.69 Å². The van der Waals surface area contributed by atoms with Crippen LogP contribution < -0.4 is 4.72 Å². The molecular weight excluding hydrogens is 298 g/mol. The van der Waals surface area contributed by atoms with Gasteiger partial charge in [-0.25, -0.2) is 18.4 Å². The van der Waals surface area contributed by atoms with Crippen LogP contribution in [0.2, 0.25) is 0 Å². The minimum Gasteiger partial charge on any atom is -0.468 e. The smallest absolute Gasteiger partial charge is 0.324 e. The van der Waals surface area contributed by atoms with Crippen LogP contribution in [0.3, 0.4) is 0 Å². The van der Waals surface area contributed by atoms with Crippen molar-refractivity contribution < 1.29 is 17.9 Å². The molecule has 2 aromatic heterocycles. The molecule has 10 heteroatoms. The Labute approximate surface area is 121 Å². The van der Waals surface area contributed by atoms with Crippen LogP contribution in [0.5, 0.6) is 0 Å². The molecule has 0 fully saturated rings. The van der Waals surface area contributed by atoms with Gasteiger partial charge < -0.3 is 14.3 Å². The number of hydrogen-bond donors (Lipinski definition) is 2. The molecule has 0 aliphatic carbocycles. The summed E-state index contributed by atoms with van der Waals surface area (Å²) in [7, 11) is -1.07. The number of aromatic amines is 1. The van der Waals surface area contributed by atoms with E-state index in [0.29, 0.717) is 5.69 Å². The summed E-state index contributed by atoms with van der Waals surface area (Å²) >= 11 is 0. The van der Waals surface area contributed by atoms with Crippen molar-refractivity contribution in [1.29, 1.82) is 0 Å². The normalized spacial score (nSPS) is 13.0. The molecule has 1 atom stereocenters. The van der Waals surface area contributed by atoms with Gasteiger partial charge in [0.05, 0.1) is 19.8 Å². The lowest BCUT2D eigenvalue weighted by atomic mass is 10.2. The van der Waals surface area contributed by atoms with Gasteiger partial charge in [-0.05, 0) is 0 Å². The molecule has 2 rings (SSSR count). The molecule has 0 radical (unpaired) electrons. The molecule has 21 heavy (non-hydrogen) atoms. The molecule has 0 saturated heterocycles. The Morgan fingerprint density at radius 1 is 1.57 bits per heavy atom. The van der Waals surface area contributed by atoms with Gasteiger partial charge in [0.25, 0.3) is 10.0 Å². The van der Waals surface area contributed by atoms with Crippen molar-refractivity contribution in [3.05, 3.63) is 30.7 Å². The number of rotatable bonds is 6. The lowest BCUT2D eigenvalue weighted by Gasteiger charge is -2.14. The molecule has 0 aliphatic rings. The van der Waals surface area contributed by atoms with Gasteiger partial charge >= 0.3 is 5.97 Å². The van der Waals surface area contributed by atoms with Crippen molar-refractivity contribution in [3.63, 3.8) is 0 Å². The van der Waals surface area contributed by atoms with Crippen molar-refractivity contribution in [2.45, 2.75) is 17.5 Å². The number of H-pyrrole nitrogens is 1. The van der Waals surface area contributed by atoms with Crippen LogP contribution in [-0.2, 0) is 33.0 Å². The molecule has 0 bridgehead atoms. The second kappa shape index (κ2) is 6.06. The third kappa shape index (κ3) is 3.67. The number of carbonyl (C=O) groups excluding carboxylic acids is 1. The molecule has 0 saturated carbocycles. The van der Waals surface area contributed by atoms with Crippen LogP contribution in [-0.4, -0.2) is 47.1 Å². The van der Waals surface area contributed by atoms with E-state index >= 15 is 0 Å². The first-order valence-corrected chi connectivity index (χ1v) is 7.46. The highest BCUT2D eigenvalue weighted by Gasteiger charge is 2.28. The summed E-state index contributed by atoms with van der Waals surface area (Å²) in [4.78, 5) is 22.1. The van der Waals surface area contributed by atoms with E-state index < -0.39 is 22.0 Å². The second-order valence-electron chi connectivity index (χ2n) is 4.36. The quantitative estimate of drug-likeness (QED) is 0.674. The number of nitrogens with one attached hydrogen (secondary N) is 2. The number of nitrogens with zero attached hydrogens (tertiary/aromatic N) is 3. The first-order chi connectivity index (χ1) is 9.92. The summed E-state index contributed by atoms with van der Waals surface area (Å²) in [5.74, 6) is -0.691. The molecule has 2 N–H and O–H groups in total. The first kappa shape index (κ1) is 15.2. The summed E-state index contributed by atoms with van der Waals surface area (Å²) in [6.07, 6.45) is 5.74. The van der Waals surface area contributed by atoms with Gasteiger partial charge in [-0.1, -0.05) is 0 Å². The fraction of sp³-hybridized carbons (Fsp3) is 0.364. The van der Waals surface area contributed by atoms with E-state index in [1.807, 2.05) is 0 Å². The van der Waals surface area contributed by atoms with Crippen LogP contribution in [0.25, 0.3) is 0 Å². The van der Waals surface area contributed by atoms with E-state index in [0.717, 1.165) is 0 Å². The maximum absolute atomic E-state index is 12.2. The van der Waals surface area contributed by atoms with Gasteiger partial charge in [-0.2, -0.15) is 4.72 Å². The number of ether oxygens (including phenoxy) is 1. The summed E-state index contributed by atoms with van der Waals surface area (Å²) in [6, 6.07) is -1.07. The Hall–Kier alpha value is -2.20. The summed E-state index contributed by atoms with van der Waals surface area (Å²) in [5.41, 5.74) is 0.606. The largest absolute Gasteiger partial charge is 0.468 e. The molecule has 2 aromatic rings. The zero-order valence-electron chi connectivity index (χ0n) is 11.5. The van der Waals surface area contributed by atoms with Crippen LogP contribution in [0.4, 0.5) is 0 Å². The minimum absolute atomic E-state index is 0.0960. The average Bonchev–Trinajstić information content (AvgIpc) is 3.08. The monoisotopic (exact) mass is 313 g/mol. The highest BCUT2D eigenvalue weighted by Crippen LogP contribution is 2.08. The van der Waals surface area contributed by atoms with E-state index in [-0.39, 0.29) is 11.4 Å². The van der Waals surface area contributed by atoms with Gasteiger partial charge in [0.15, 0.2) is 5.03 Å². The Kier molecular flexibility index (Phi) is 4.38. The Balaban J connectivity index is 2.20. The van der Waals surface area contributed by atoms with Crippen LogP contribution in [0.15, 0.2) is 30.1 Å². The van der Waals surface area contributed by atoms with E-state index in [1.165, 1.54) is 36.7 Å². The van der Waals surface area contributed by atoms with Crippen molar-refractivity contribution in [3.8, 4) is 0 Å². The fourth-order valence-electron chi connectivity index (χ4n) is 1.71. The van der Waals surface area contributed by atoms with E-state index in [4.69, 9.17) is 0 Å². The van der Waals surface area contributed by atoms with Gasteiger partial charge in [0.2, 0.25) is 0 Å². The Bertz CT molecular complexity index is 707. The summed E-state index contributed by atoms with van der Waals surface area (Å²) in [6.45, 7) is 0. The number of hydrogen-bond acceptors (Lipinski definition) is 6. The fourth-order valence-corrected chi connectivity index (χ4v) is 2.87. The number of esters is 1. The van der Waals surface area contributed by atoms with Gasteiger partial charge in [-0.3, -0.25) is 4.79 Å². The standard InChI is InChI=1S/C11H15N5O4S/c1-16-5-10(14-7-16)21(18,19)15-9(11(17)20-2)3-8-4-12-6-13-8/h4-7,9,15H,3H2,1-2H3,(H,12,13)/t9-/m0/s1. The topological polar surface area (TPSA) is 119 Å². The zero-order valence-corrected chi connectivity index (χ0v) is 12.3. The highest BCUT2D eigenvalue weighted by atomic mass is 32.2. The molecule has 114 valence electrons. The summed E-state index contributed by atoms with van der Waals surface area (Å²) < 4.78 is 32.8. The van der Waals surface area contributed by atoms with Crippen LogP contribution in [0, 0.1) is 0 Å². The molecule has 2 heterocycles. The van der Waals surface area contributed by atoms with Crippen molar-refractivity contribution in [2.75, 3.05) is 7.11 Å². The second-order valence-corrected chi connectivity index (χ2v) is 6.02. The zero-order chi connectivity index (χ0) is 15.5. The summed E-state index contributed by atoms with van der Waals surface area (Å²) in [5, 5.41) is -0.163. The molecule has 0 spiro atoms.